The van der Waals surface area contributed by atoms with Gasteiger partial charge in [0.15, 0.2) is 15.2 Å². The van der Waals surface area contributed by atoms with Crippen molar-refractivity contribution >= 4 is 51.4 Å². The number of ether oxygens (including phenoxy) is 1. The van der Waals surface area contributed by atoms with Gasteiger partial charge in [-0.25, -0.2) is 4.98 Å². The van der Waals surface area contributed by atoms with E-state index in [4.69, 9.17) is 28.6 Å². The van der Waals surface area contributed by atoms with Crippen LogP contribution in [-0.4, -0.2) is 65.0 Å². The molecular formula is C13H17ClN6OS2. The Morgan fingerprint density at radius 2 is 2.35 bits per heavy atom. The van der Waals surface area contributed by atoms with Crippen molar-refractivity contribution in [2.24, 2.45) is 5.10 Å². The molecule has 2 aromatic rings. The van der Waals surface area contributed by atoms with Crippen molar-refractivity contribution in [2.75, 3.05) is 39.4 Å². The average molecular weight is 373 g/mol. The van der Waals surface area contributed by atoms with E-state index in [0.717, 1.165) is 50.0 Å². The summed E-state index contributed by atoms with van der Waals surface area (Å²) in [6.07, 6.45) is 3.52. The highest BCUT2D eigenvalue weighted by Crippen LogP contribution is 2.19. The molecule has 7 nitrogen and oxygen atoms in total. The van der Waals surface area contributed by atoms with E-state index >= 15 is 0 Å². The van der Waals surface area contributed by atoms with Crippen LogP contribution in [0.3, 0.4) is 0 Å². The molecule has 23 heavy (non-hydrogen) atoms. The van der Waals surface area contributed by atoms with Gasteiger partial charge in [0.05, 0.1) is 19.4 Å². The summed E-state index contributed by atoms with van der Waals surface area (Å²) in [6.45, 7) is 5.24. The Balaban J connectivity index is 1.43. The number of nitrogens with one attached hydrogen (secondary N) is 2. The second-order valence-electron chi connectivity index (χ2n) is 4.92. The first-order valence-corrected chi connectivity index (χ1v) is 8.88. The quantitative estimate of drug-likeness (QED) is 0.467. The molecule has 0 atom stereocenters. The predicted molar refractivity (Wildman–Crippen MR) is 96.7 cm³/mol. The number of halogens is 1. The van der Waals surface area contributed by atoms with Crippen LogP contribution < -0.4 is 10.7 Å². The zero-order valence-corrected chi connectivity index (χ0v) is 14.8. The van der Waals surface area contributed by atoms with E-state index in [-0.39, 0.29) is 0 Å². The standard InChI is InChI=1S/C13H17ClN6OS2/c14-11-10(20-5-8-23-13(20)17-11)9-16-18-12(22)15-1-2-19-3-6-21-7-4-19/h5,8-9H,1-4,6-7H2,(H2,15,18,22)/b16-9+. The summed E-state index contributed by atoms with van der Waals surface area (Å²) in [5, 5.41) is 10.1. The van der Waals surface area contributed by atoms with Gasteiger partial charge in [-0.15, -0.1) is 11.3 Å². The number of morpholine rings is 1. The van der Waals surface area contributed by atoms with Crippen molar-refractivity contribution in [3.05, 3.63) is 22.4 Å². The summed E-state index contributed by atoms with van der Waals surface area (Å²) in [7, 11) is 0. The first kappa shape index (κ1) is 16.6. The lowest BCUT2D eigenvalue weighted by Gasteiger charge is -2.26. The van der Waals surface area contributed by atoms with Gasteiger partial charge in [-0.05, 0) is 12.2 Å². The van der Waals surface area contributed by atoms with Crippen LogP contribution in [-0.2, 0) is 4.74 Å². The van der Waals surface area contributed by atoms with Crippen LogP contribution in [0.15, 0.2) is 16.7 Å². The summed E-state index contributed by atoms with van der Waals surface area (Å²) in [5.41, 5.74) is 3.52. The maximum Gasteiger partial charge on any atom is 0.195 e. The summed E-state index contributed by atoms with van der Waals surface area (Å²) >= 11 is 12.8. The lowest BCUT2D eigenvalue weighted by Crippen LogP contribution is -2.42. The molecule has 3 rings (SSSR count). The van der Waals surface area contributed by atoms with Crippen molar-refractivity contribution in [1.82, 2.24) is 25.0 Å². The number of thiocarbonyl (C=S) groups is 1. The molecule has 0 bridgehead atoms. The van der Waals surface area contributed by atoms with Crippen LogP contribution in [0, 0.1) is 0 Å². The summed E-state index contributed by atoms with van der Waals surface area (Å²) in [4.78, 5) is 7.41. The third-order valence-corrected chi connectivity index (χ3v) is 4.69. The van der Waals surface area contributed by atoms with Crippen molar-refractivity contribution in [3.63, 3.8) is 0 Å². The first-order chi connectivity index (χ1) is 11.2. The smallest absolute Gasteiger partial charge is 0.195 e. The van der Waals surface area contributed by atoms with Crippen LogP contribution in [0.4, 0.5) is 0 Å². The minimum Gasteiger partial charge on any atom is -0.379 e. The number of aromatic nitrogens is 2. The van der Waals surface area contributed by atoms with E-state index in [1.54, 1.807) is 6.21 Å². The Hall–Kier alpha value is -1.26. The zero-order valence-electron chi connectivity index (χ0n) is 12.4. The number of hydrogen-bond donors (Lipinski definition) is 2. The SMILES string of the molecule is S=C(NCCN1CCOCC1)N/N=C/c1c(Cl)nc2sccn12. The van der Waals surface area contributed by atoms with Crippen LogP contribution in [0.1, 0.15) is 5.69 Å². The fourth-order valence-electron chi connectivity index (χ4n) is 2.24. The molecule has 2 aromatic heterocycles. The molecule has 10 heteroatoms. The Kier molecular flexibility index (Phi) is 5.79. The van der Waals surface area contributed by atoms with Crippen molar-refractivity contribution in [2.45, 2.75) is 0 Å². The second kappa shape index (κ2) is 8.02. The third kappa shape index (κ3) is 4.39. The topological polar surface area (TPSA) is 66.2 Å². The van der Waals surface area contributed by atoms with Gasteiger partial charge in [-0.3, -0.25) is 14.7 Å². The zero-order chi connectivity index (χ0) is 16.1. The molecule has 0 saturated carbocycles. The van der Waals surface area contributed by atoms with Gasteiger partial charge in [0, 0.05) is 37.8 Å². The number of imidazole rings is 1. The van der Waals surface area contributed by atoms with E-state index in [9.17, 15) is 0 Å². The van der Waals surface area contributed by atoms with Gasteiger partial charge in [0.1, 0.15) is 5.69 Å². The summed E-state index contributed by atoms with van der Waals surface area (Å²) in [5.74, 6) is 0. The van der Waals surface area contributed by atoms with Crippen molar-refractivity contribution in [3.8, 4) is 0 Å². The van der Waals surface area contributed by atoms with E-state index in [0.29, 0.717) is 10.3 Å². The van der Waals surface area contributed by atoms with Gasteiger partial charge >= 0.3 is 0 Å². The molecule has 3 heterocycles. The molecule has 1 saturated heterocycles. The Morgan fingerprint density at radius 1 is 1.52 bits per heavy atom. The number of rotatable bonds is 5. The Morgan fingerprint density at radius 3 is 3.17 bits per heavy atom. The maximum absolute atomic E-state index is 6.09. The molecule has 2 N–H and O–H groups in total. The number of fused-ring (bicyclic) bond motifs is 1. The van der Waals surface area contributed by atoms with Crippen molar-refractivity contribution < 1.29 is 4.74 Å². The molecular weight excluding hydrogens is 356 g/mol. The van der Waals surface area contributed by atoms with Crippen LogP contribution in [0.2, 0.25) is 5.15 Å². The average Bonchev–Trinajstić information content (AvgIpc) is 3.10. The van der Waals surface area contributed by atoms with Crippen LogP contribution in [0.5, 0.6) is 0 Å². The lowest BCUT2D eigenvalue weighted by molar-refractivity contribution is 0.0389. The molecule has 124 valence electrons. The Labute approximate surface area is 148 Å². The Bertz CT molecular complexity index is 694. The third-order valence-electron chi connectivity index (χ3n) is 3.42. The van der Waals surface area contributed by atoms with Gasteiger partial charge < -0.3 is 10.1 Å². The van der Waals surface area contributed by atoms with Gasteiger partial charge in [-0.1, -0.05) is 11.6 Å². The molecule has 0 unspecified atom stereocenters. The summed E-state index contributed by atoms with van der Waals surface area (Å²) in [6, 6.07) is 0. The van der Waals surface area contributed by atoms with Crippen molar-refractivity contribution in [1.29, 1.82) is 0 Å². The van der Waals surface area contributed by atoms with E-state index in [1.165, 1.54) is 11.3 Å². The molecule has 0 radical (unpaired) electrons. The molecule has 1 aliphatic rings. The monoisotopic (exact) mass is 372 g/mol. The molecule has 0 amide bonds. The fourth-order valence-corrected chi connectivity index (χ4v) is 3.38. The van der Waals surface area contributed by atoms with Crippen LogP contribution in [0.25, 0.3) is 4.96 Å². The number of hydrazone groups is 1. The van der Waals surface area contributed by atoms with E-state index in [2.05, 4.69) is 25.7 Å². The number of thiazole rings is 1. The number of nitrogens with zero attached hydrogens (tertiary/aromatic N) is 4. The lowest BCUT2D eigenvalue weighted by atomic mass is 10.4. The molecule has 0 aromatic carbocycles. The molecule has 0 spiro atoms. The van der Waals surface area contributed by atoms with Gasteiger partial charge in [-0.2, -0.15) is 5.10 Å². The second-order valence-corrected chi connectivity index (χ2v) is 6.56. The largest absolute Gasteiger partial charge is 0.379 e. The van der Waals surface area contributed by atoms with Gasteiger partial charge in [0.25, 0.3) is 0 Å². The molecule has 0 aliphatic carbocycles. The highest BCUT2D eigenvalue weighted by molar-refractivity contribution is 7.80. The number of hydrogen-bond acceptors (Lipinski definition) is 6. The predicted octanol–water partition coefficient (Wildman–Crippen LogP) is 1.18. The minimum absolute atomic E-state index is 0.425. The van der Waals surface area contributed by atoms with Gasteiger partial charge in [0.2, 0.25) is 0 Å². The first-order valence-electron chi connectivity index (χ1n) is 7.22. The minimum atomic E-state index is 0.425. The molecule has 1 aliphatic heterocycles. The maximum atomic E-state index is 6.09. The highest BCUT2D eigenvalue weighted by Gasteiger charge is 2.10. The van der Waals surface area contributed by atoms with E-state index < -0.39 is 0 Å². The highest BCUT2D eigenvalue weighted by atomic mass is 35.5. The van der Waals surface area contributed by atoms with Crippen LogP contribution >= 0.6 is 35.2 Å². The normalized spacial score (nSPS) is 16.2. The fraction of sp³-hybridized carbons (Fsp3) is 0.462. The van der Waals surface area contributed by atoms with E-state index in [1.807, 2.05) is 16.0 Å². The molecule has 1 fully saturated rings. The summed E-state index contributed by atoms with van der Waals surface area (Å²) < 4.78 is 7.20.